The van der Waals surface area contributed by atoms with Crippen molar-refractivity contribution in [3.8, 4) is 11.3 Å². The van der Waals surface area contributed by atoms with E-state index in [1.54, 1.807) is 0 Å². The molecule has 1 aliphatic carbocycles. The monoisotopic (exact) mass is 333 g/mol. The maximum Gasteiger partial charge on any atom is 0.223 e. The predicted octanol–water partition coefficient (Wildman–Crippen LogP) is 4.48. The van der Waals surface area contributed by atoms with E-state index in [9.17, 15) is 0 Å². The minimum Gasteiger partial charge on any atom is -0.347 e. The van der Waals surface area contributed by atoms with Crippen molar-refractivity contribution in [3.63, 3.8) is 0 Å². The van der Waals surface area contributed by atoms with Crippen LogP contribution in [0.25, 0.3) is 11.3 Å². The standard InChI is InChI=1S/C20H23N5/c1-13(2)19-16(12-22-25-19)18-10-11-21-20(24-18)23-17-9-5-7-14-6-3-4-8-15(14)17/h3-4,6,8,10-13,17H,5,7,9H2,1-2H3,(H,22,25)(H,21,23,24)/t17-/m0/s1. The molecule has 0 saturated carbocycles. The fourth-order valence-corrected chi connectivity index (χ4v) is 3.58. The van der Waals surface area contributed by atoms with Crippen molar-refractivity contribution in [3.05, 3.63) is 59.5 Å². The first kappa shape index (κ1) is 15.8. The van der Waals surface area contributed by atoms with Crippen LogP contribution in [0.5, 0.6) is 0 Å². The summed E-state index contributed by atoms with van der Waals surface area (Å²) in [4.78, 5) is 9.18. The topological polar surface area (TPSA) is 66.5 Å². The van der Waals surface area contributed by atoms with Crippen LogP contribution in [0, 0.1) is 0 Å². The second kappa shape index (κ2) is 6.67. The number of nitrogens with one attached hydrogen (secondary N) is 2. The van der Waals surface area contributed by atoms with Crippen molar-refractivity contribution in [2.45, 2.75) is 45.1 Å². The summed E-state index contributed by atoms with van der Waals surface area (Å²) in [6, 6.07) is 10.9. The zero-order chi connectivity index (χ0) is 17.2. The molecule has 4 rings (SSSR count). The lowest BCUT2D eigenvalue weighted by molar-refractivity contribution is 0.596. The molecule has 0 unspecified atom stereocenters. The third kappa shape index (κ3) is 3.14. The Bertz CT molecular complexity index is 868. The number of aryl methyl sites for hydroxylation is 1. The summed E-state index contributed by atoms with van der Waals surface area (Å²) in [7, 11) is 0. The van der Waals surface area contributed by atoms with E-state index in [-0.39, 0.29) is 6.04 Å². The van der Waals surface area contributed by atoms with Crippen LogP contribution in [0.1, 0.15) is 55.5 Å². The summed E-state index contributed by atoms with van der Waals surface area (Å²) in [5.41, 5.74) is 5.85. The highest BCUT2D eigenvalue weighted by atomic mass is 15.1. The average Bonchev–Trinajstić information content (AvgIpc) is 3.12. The molecule has 25 heavy (non-hydrogen) atoms. The van der Waals surface area contributed by atoms with Crippen molar-refractivity contribution in [2.75, 3.05) is 5.32 Å². The van der Waals surface area contributed by atoms with Crippen LogP contribution < -0.4 is 5.32 Å². The Labute approximate surface area is 147 Å². The van der Waals surface area contributed by atoms with Gasteiger partial charge in [0.2, 0.25) is 5.95 Å². The molecule has 1 aliphatic rings. The maximum atomic E-state index is 4.74. The van der Waals surface area contributed by atoms with E-state index in [0.717, 1.165) is 29.8 Å². The van der Waals surface area contributed by atoms with Crippen LogP contribution in [-0.2, 0) is 6.42 Å². The Morgan fingerprint density at radius 2 is 2.08 bits per heavy atom. The third-order valence-corrected chi connectivity index (χ3v) is 4.85. The van der Waals surface area contributed by atoms with Gasteiger partial charge in [-0.1, -0.05) is 38.1 Å². The lowest BCUT2D eigenvalue weighted by Gasteiger charge is -2.26. The highest BCUT2D eigenvalue weighted by molar-refractivity contribution is 5.62. The number of fused-ring (bicyclic) bond motifs is 1. The second-order valence-electron chi connectivity index (χ2n) is 6.91. The molecule has 0 fully saturated rings. The number of aromatic nitrogens is 4. The van der Waals surface area contributed by atoms with E-state index < -0.39 is 0 Å². The SMILES string of the molecule is CC(C)c1[nH]ncc1-c1ccnc(N[C@H]2CCCc3ccccc32)n1. The summed E-state index contributed by atoms with van der Waals surface area (Å²) in [5.74, 6) is 1.05. The molecule has 0 saturated heterocycles. The molecule has 0 aliphatic heterocycles. The Balaban J connectivity index is 1.62. The number of aromatic amines is 1. The van der Waals surface area contributed by atoms with Gasteiger partial charge in [0, 0.05) is 17.5 Å². The molecule has 1 atom stereocenters. The minimum absolute atomic E-state index is 0.272. The van der Waals surface area contributed by atoms with Crippen molar-refractivity contribution in [1.29, 1.82) is 0 Å². The number of nitrogens with zero attached hydrogens (tertiary/aromatic N) is 3. The number of rotatable bonds is 4. The second-order valence-corrected chi connectivity index (χ2v) is 6.91. The van der Waals surface area contributed by atoms with Crippen LogP contribution in [0.3, 0.4) is 0 Å². The first-order valence-electron chi connectivity index (χ1n) is 8.93. The molecule has 0 bridgehead atoms. The zero-order valence-corrected chi connectivity index (χ0v) is 14.7. The normalized spacial score (nSPS) is 16.7. The van der Waals surface area contributed by atoms with Gasteiger partial charge >= 0.3 is 0 Å². The zero-order valence-electron chi connectivity index (χ0n) is 14.7. The lowest BCUT2D eigenvalue weighted by atomic mass is 9.88. The van der Waals surface area contributed by atoms with Crippen LogP contribution in [0.15, 0.2) is 42.7 Å². The van der Waals surface area contributed by atoms with Crippen LogP contribution in [0.2, 0.25) is 0 Å². The largest absolute Gasteiger partial charge is 0.347 e. The van der Waals surface area contributed by atoms with Crippen molar-refractivity contribution >= 4 is 5.95 Å². The summed E-state index contributed by atoms with van der Waals surface area (Å²) < 4.78 is 0. The van der Waals surface area contributed by atoms with Crippen LogP contribution >= 0.6 is 0 Å². The first-order valence-corrected chi connectivity index (χ1v) is 8.93. The molecule has 0 spiro atoms. The van der Waals surface area contributed by atoms with Gasteiger partial charge in [0.1, 0.15) is 0 Å². The van der Waals surface area contributed by atoms with Gasteiger partial charge in [0.25, 0.3) is 0 Å². The molecule has 2 heterocycles. The molecule has 1 aromatic carbocycles. The summed E-state index contributed by atoms with van der Waals surface area (Å²) in [6.45, 7) is 4.30. The van der Waals surface area contributed by atoms with Gasteiger partial charge < -0.3 is 5.32 Å². The fourth-order valence-electron chi connectivity index (χ4n) is 3.58. The number of hydrogen-bond donors (Lipinski definition) is 2. The highest BCUT2D eigenvalue weighted by Gasteiger charge is 2.20. The molecule has 0 amide bonds. The van der Waals surface area contributed by atoms with Gasteiger partial charge in [-0.05, 0) is 42.4 Å². The number of H-pyrrole nitrogens is 1. The first-order chi connectivity index (χ1) is 12.2. The molecule has 128 valence electrons. The molecule has 2 aromatic heterocycles. The summed E-state index contributed by atoms with van der Waals surface area (Å²) in [6.07, 6.45) is 7.11. The van der Waals surface area contributed by atoms with Crippen LogP contribution in [-0.4, -0.2) is 20.2 Å². The van der Waals surface area contributed by atoms with Gasteiger partial charge in [0.15, 0.2) is 0 Å². The van der Waals surface area contributed by atoms with Crippen molar-refractivity contribution in [1.82, 2.24) is 20.2 Å². The quantitative estimate of drug-likeness (QED) is 0.739. The Hall–Kier alpha value is -2.69. The number of anilines is 1. The van der Waals surface area contributed by atoms with E-state index in [1.807, 2.05) is 18.5 Å². The van der Waals surface area contributed by atoms with Gasteiger partial charge in [-0.2, -0.15) is 5.10 Å². The van der Waals surface area contributed by atoms with Gasteiger partial charge in [-0.15, -0.1) is 0 Å². The van der Waals surface area contributed by atoms with Crippen molar-refractivity contribution < 1.29 is 0 Å². The predicted molar refractivity (Wildman–Crippen MR) is 99.4 cm³/mol. The van der Waals surface area contributed by atoms with Crippen molar-refractivity contribution in [2.24, 2.45) is 0 Å². The number of hydrogen-bond acceptors (Lipinski definition) is 4. The van der Waals surface area contributed by atoms with E-state index in [1.165, 1.54) is 17.5 Å². The molecule has 0 radical (unpaired) electrons. The molecule has 3 aromatic rings. The van der Waals surface area contributed by atoms with Gasteiger partial charge in [-0.3, -0.25) is 5.10 Å². The molecular weight excluding hydrogens is 310 g/mol. The molecule has 2 N–H and O–H groups in total. The average molecular weight is 333 g/mol. The van der Waals surface area contributed by atoms with Crippen LogP contribution in [0.4, 0.5) is 5.95 Å². The van der Waals surface area contributed by atoms with Gasteiger partial charge in [0.05, 0.1) is 17.9 Å². The van der Waals surface area contributed by atoms with E-state index in [2.05, 4.69) is 58.6 Å². The molecule has 5 nitrogen and oxygen atoms in total. The lowest BCUT2D eigenvalue weighted by Crippen LogP contribution is -2.18. The summed E-state index contributed by atoms with van der Waals surface area (Å²) in [5, 5.41) is 10.8. The Morgan fingerprint density at radius 1 is 1.20 bits per heavy atom. The smallest absolute Gasteiger partial charge is 0.223 e. The number of benzene rings is 1. The Kier molecular flexibility index (Phi) is 4.22. The van der Waals surface area contributed by atoms with E-state index >= 15 is 0 Å². The third-order valence-electron chi connectivity index (χ3n) is 4.85. The van der Waals surface area contributed by atoms with Gasteiger partial charge in [-0.25, -0.2) is 9.97 Å². The molecule has 5 heteroatoms. The van der Waals surface area contributed by atoms with E-state index in [0.29, 0.717) is 11.9 Å². The minimum atomic E-state index is 0.272. The summed E-state index contributed by atoms with van der Waals surface area (Å²) >= 11 is 0. The maximum absolute atomic E-state index is 4.74. The molecular formula is C20H23N5. The Morgan fingerprint density at radius 3 is 2.96 bits per heavy atom. The van der Waals surface area contributed by atoms with E-state index in [4.69, 9.17) is 4.98 Å². The highest BCUT2D eigenvalue weighted by Crippen LogP contribution is 2.32. The fraction of sp³-hybridized carbons (Fsp3) is 0.350.